The van der Waals surface area contributed by atoms with Gasteiger partial charge in [-0.05, 0) is 19.4 Å². The molecule has 0 saturated heterocycles. The first kappa shape index (κ1) is 15.1. The van der Waals surface area contributed by atoms with Gasteiger partial charge >= 0.3 is 6.61 Å². The first-order valence-electron chi connectivity index (χ1n) is 6.02. The van der Waals surface area contributed by atoms with Gasteiger partial charge in [0.25, 0.3) is 0 Å². The van der Waals surface area contributed by atoms with E-state index in [2.05, 4.69) is 10.1 Å². The molecule has 19 heavy (non-hydrogen) atoms. The molecule has 0 bridgehead atoms. The van der Waals surface area contributed by atoms with Crippen molar-refractivity contribution in [3.63, 3.8) is 0 Å². The molecule has 3 nitrogen and oxygen atoms in total. The van der Waals surface area contributed by atoms with Crippen LogP contribution in [0.15, 0.2) is 35.9 Å². The second kappa shape index (κ2) is 7.51. The molecule has 1 aromatic rings. The zero-order valence-electron chi connectivity index (χ0n) is 11.0. The van der Waals surface area contributed by atoms with Crippen LogP contribution in [0.25, 0.3) is 0 Å². The van der Waals surface area contributed by atoms with Crippen LogP contribution in [-0.2, 0) is 11.3 Å². The van der Waals surface area contributed by atoms with Crippen LogP contribution in [-0.4, -0.2) is 12.5 Å². The highest BCUT2D eigenvalue weighted by Crippen LogP contribution is 2.20. The van der Waals surface area contributed by atoms with Crippen LogP contribution in [0.1, 0.15) is 25.8 Å². The third-order valence-electron chi connectivity index (χ3n) is 2.50. The Labute approximate surface area is 111 Å². The predicted octanol–water partition coefficient (Wildman–Crippen LogP) is 3.26. The lowest BCUT2D eigenvalue weighted by molar-refractivity contribution is -0.117. The van der Waals surface area contributed by atoms with Gasteiger partial charge in [-0.3, -0.25) is 4.79 Å². The van der Waals surface area contributed by atoms with E-state index in [-0.39, 0.29) is 18.2 Å². The van der Waals surface area contributed by atoms with Gasteiger partial charge in [0.2, 0.25) is 5.91 Å². The molecule has 0 radical (unpaired) electrons. The van der Waals surface area contributed by atoms with Gasteiger partial charge in [-0.2, -0.15) is 8.78 Å². The summed E-state index contributed by atoms with van der Waals surface area (Å²) in [5, 5.41) is 2.67. The van der Waals surface area contributed by atoms with Crippen molar-refractivity contribution in [1.29, 1.82) is 0 Å². The second-order valence-corrected chi connectivity index (χ2v) is 3.96. The Bertz CT molecular complexity index is 459. The number of rotatable bonds is 6. The highest BCUT2D eigenvalue weighted by Gasteiger charge is 2.10. The lowest BCUT2D eigenvalue weighted by atomic mass is 10.2. The van der Waals surface area contributed by atoms with Gasteiger partial charge in [-0.25, -0.2) is 0 Å². The summed E-state index contributed by atoms with van der Waals surface area (Å²) in [6, 6.07) is 6.39. The molecule has 5 heteroatoms. The molecular weight excluding hydrogens is 252 g/mol. The van der Waals surface area contributed by atoms with Crippen molar-refractivity contribution in [3.8, 4) is 5.75 Å². The third kappa shape index (κ3) is 5.07. The fourth-order valence-electron chi connectivity index (χ4n) is 1.57. The van der Waals surface area contributed by atoms with E-state index in [0.29, 0.717) is 11.1 Å². The first-order chi connectivity index (χ1) is 9.04. The van der Waals surface area contributed by atoms with E-state index < -0.39 is 6.61 Å². The second-order valence-electron chi connectivity index (χ2n) is 3.96. The minimum absolute atomic E-state index is 0.0786. The molecule has 104 valence electrons. The molecule has 1 aromatic carbocycles. The SMILES string of the molecule is CC/C=C(\C)C(=O)NCc1ccccc1OC(F)F. The van der Waals surface area contributed by atoms with Crippen molar-refractivity contribution in [1.82, 2.24) is 5.32 Å². The zero-order valence-corrected chi connectivity index (χ0v) is 11.0. The third-order valence-corrected chi connectivity index (χ3v) is 2.50. The van der Waals surface area contributed by atoms with Gasteiger partial charge in [-0.1, -0.05) is 31.2 Å². The van der Waals surface area contributed by atoms with Crippen LogP contribution in [0, 0.1) is 0 Å². The number of para-hydroxylation sites is 1. The van der Waals surface area contributed by atoms with Crippen LogP contribution in [0.3, 0.4) is 0 Å². The molecule has 0 saturated carbocycles. The summed E-state index contributed by atoms with van der Waals surface area (Å²) in [6.07, 6.45) is 2.57. The number of benzene rings is 1. The summed E-state index contributed by atoms with van der Waals surface area (Å²) < 4.78 is 28.8. The number of alkyl halides is 2. The maximum absolute atomic E-state index is 12.2. The standard InChI is InChI=1S/C14H17F2NO2/c1-3-6-10(2)13(18)17-9-11-7-4-5-8-12(11)19-14(15)16/h4-8,14H,3,9H2,1-2H3,(H,17,18)/b10-6+. The predicted molar refractivity (Wildman–Crippen MR) is 69.0 cm³/mol. The Hall–Kier alpha value is -1.91. The number of hydrogen-bond donors (Lipinski definition) is 1. The zero-order chi connectivity index (χ0) is 14.3. The summed E-state index contributed by atoms with van der Waals surface area (Å²) in [7, 11) is 0. The number of carbonyl (C=O) groups is 1. The average molecular weight is 269 g/mol. The van der Waals surface area contributed by atoms with E-state index in [1.807, 2.05) is 6.92 Å². The molecule has 0 aliphatic rings. The van der Waals surface area contributed by atoms with Crippen LogP contribution >= 0.6 is 0 Å². The number of hydrogen-bond acceptors (Lipinski definition) is 2. The highest BCUT2D eigenvalue weighted by molar-refractivity contribution is 5.92. The quantitative estimate of drug-likeness (QED) is 0.805. The molecule has 0 fully saturated rings. The lowest BCUT2D eigenvalue weighted by Crippen LogP contribution is -2.24. The molecule has 1 N–H and O–H groups in total. The molecule has 1 amide bonds. The fraction of sp³-hybridized carbons (Fsp3) is 0.357. The smallest absolute Gasteiger partial charge is 0.387 e. The number of ether oxygens (including phenoxy) is 1. The maximum Gasteiger partial charge on any atom is 0.387 e. The van der Waals surface area contributed by atoms with Gasteiger partial charge in [0.1, 0.15) is 5.75 Å². The Morgan fingerprint density at radius 1 is 1.42 bits per heavy atom. The minimum Gasteiger partial charge on any atom is -0.434 e. The molecule has 0 aliphatic heterocycles. The maximum atomic E-state index is 12.2. The number of allylic oxidation sites excluding steroid dienone is 1. The van der Waals surface area contributed by atoms with E-state index in [4.69, 9.17) is 0 Å². The van der Waals surface area contributed by atoms with Crippen molar-refractivity contribution < 1.29 is 18.3 Å². The molecule has 0 spiro atoms. The van der Waals surface area contributed by atoms with Crippen molar-refractivity contribution in [3.05, 3.63) is 41.5 Å². The largest absolute Gasteiger partial charge is 0.434 e. The summed E-state index contributed by atoms with van der Waals surface area (Å²) >= 11 is 0. The first-order valence-corrected chi connectivity index (χ1v) is 6.02. The Morgan fingerprint density at radius 2 is 2.11 bits per heavy atom. The molecule has 0 unspecified atom stereocenters. The molecule has 0 atom stereocenters. The Balaban J connectivity index is 2.67. The van der Waals surface area contributed by atoms with E-state index in [9.17, 15) is 13.6 Å². The lowest BCUT2D eigenvalue weighted by Gasteiger charge is -2.11. The van der Waals surface area contributed by atoms with Crippen molar-refractivity contribution in [2.75, 3.05) is 0 Å². The summed E-state index contributed by atoms with van der Waals surface area (Å²) in [5.41, 5.74) is 1.12. The van der Waals surface area contributed by atoms with Crippen molar-refractivity contribution in [2.24, 2.45) is 0 Å². The van der Waals surface area contributed by atoms with Gasteiger partial charge in [0.05, 0.1) is 0 Å². The van der Waals surface area contributed by atoms with E-state index in [1.165, 1.54) is 6.07 Å². The van der Waals surface area contributed by atoms with Crippen LogP contribution < -0.4 is 10.1 Å². The molecule has 0 heterocycles. The van der Waals surface area contributed by atoms with E-state index in [1.54, 1.807) is 31.2 Å². The van der Waals surface area contributed by atoms with Crippen LogP contribution in [0.4, 0.5) is 8.78 Å². The molecule has 1 rings (SSSR count). The topological polar surface area (TPSA) is 38.3 Å². The Kier molecular flexibility index (Phi) is 5.99. The van der Waals surface area contributed by atoms with Crippen molar-refractivity contribution >= 4 is 5.91 Å². The van der Waals surface area contributed by atoms with E-state index >= 15 is 0 Å². The van der Waals surface area contributed by atoms with Gasteiger partial charge in [-0.15, -0.1) is 0 Å². The van der Waals surface area contributed by atoms with Crippen molar-refractivity contribution in [2.45, 2.75) is 33.4 Å². The van der Waals surface area contributed by atoms with Gasteiger partial charge in [0.15, 0.2) is 0 Å². The highest BCUT2D eigenvalue weighted by atomic mass is 19.3. The molecule has 0 aliphatic carbocycles. The van der Waals surface area contributed by atoms with Crippen LogP contribution in [0.2, 0.25) is 0 Å². The number of halogens is 2. The van der Waals surface area contributed by atoms with Crippen LogP contribution in [0.5, 0.6) is 5.75 Å². The normalized spacial score (nSPS) is 11.5. The average Bonchev–Trinajstić information content (AvgIpc) is 2.37. The number of amides is 1. The minimum atomic E-state index is -2.88. The summed E-state index contributed by atoms with van der Waals surface area (Å²) in [4.78, 5) is 11.7. The van der Waals surface area contributed by atoms with Gasteiger partial charge < -0.3 is 10.1 Å². The van der Waals surface area contributed by atoms with Gasteiger partial charge in [0, 0.05) is 17.7 Å². The molecule has 0 aromatic heterocycles. The van der Waals surface area contributed by atoms with E-state index in [0.717, 1.165) is 6.42 Å². The Morgan fingerprint density at radius 3 is 2.74 bits per heavy atom. The number of nitrogens with one attached hydrogen (secondary N) is 1. The molecular formula is C14H17F2NO2. The fourth-order valence-corrected chi connectivity index (χ4v) is 1.57. The summed E-state index contributed by atoms with van der Waals surface area (Å²) in [6.45, 7) is 0.915. The number of carbonyl (C=O) groups excluding carboxylic acids is 1. The summed E-state index contributed by atoms with van der Waals surface area (Å²) in [5.74, 6) is -0.136. The monoisotopic (exact) mass is 269 g/mol.